The second-order valence-corrected chi connectivity index (χ2v) is 5.51. The normalized spacial score (nSPS) is 17.7. The molecule has 0 fully saturated rings. The third-order valence-corrected chi connectivity index (χ3v) is 4.09. The van der Waals surface area contributed by atoms with E-state index in [9.17, 15) is 9.59 Å². The van der Waals surface area contributed by atoms with Crippen molar-refractivity contribution >= 4 is 33.0 Å². The minimum Gasteiger partial charge on any atom is -0.344 e. The lowest BCUT2D eigenvalue weighted by Crippen LogP contribution is -2.51. The fourth-order valence-electron chi connectivity index (χ4n) is 1.66. The van der Waals surface area contributed by atoms with Gasteiger partial charge in [0.05, 0.1) is 6.04 Å². The smallest absolute Gasteiger partial charge is 0.238 e. The molecule has 0 radical (unpaired) electrons. The van der Waals surface area contributed by atoms with Gasteiger partial charge in [0.25, 0.3) is 0 Å². The molecule has 0 aliphatic heterocycles. The zero-order valence-electron chi connectivity index (χ0n) is 11.6. The molecule has 2 N–H and O–H groups in total. The van der Waals surface area contributed by atoms with Gasteiger partial charge in [0.15, 0.2) is 0 Å². The summed E-state index contributed by atoms with van der Waals surface area (Å²) in [6.45, 7) is 7.96. The molecule has 4 nitrogen and oxygen atoms in total. The molecular formula is C12H25N2O2PS. The predicted octanol–water partition coefficient (Wildman–Crippen LogP) is 1.77. The third kappa shape index (κ3) is 5.25. The maximum Gasteiger partial charge on any atom is 0.238 e. The van der Waals surface area contributed by atoms with E-state index >= 15 is 0 Å². The molecule has 0 saturated carbocycles. The van der Waals surface area contributed by atoms with Crippen LogP contribution in [0, 0.1) is 11.8 Å². The monoisotopic (exact) mass is 292 g/mol. The van der Waals surface area contributed by atoms with Gasteiger partial charge < -0.3 is 5.32 Å². The Kier molecular flexibility index (Phi) is 8.83. The van der Waals surface area contributed by atoms with E-state index in [1.54, 1.807) is 0 Å². The van der Waals surface area contributed by atoms with Gasteiger partial charge in [0.1, 0.15) is 6.04 Å². The lowest BCUT2D eigenvalue weighted by atomic mass is 9.96. The highest BCUT2D eigenvalue weighted by atomic mass is 32.1. The van der Waals surface area contributed by atoms with Crippen molar-refractivity contribution in [1.82, 2.24) is 10.4 Å². The summed E-state index contributed by atoms with van der Waals surface area (Å²) in [6, 6.07) is -0.824. The van der Waals surface area contributed by atoms with Crippen molar-refractivity contribution in [2.75, 3.05) is 0 Å². The summed E-state index contributed by atoms with van der Waals surface area (Å²) in [5.74, 6) is 0.142. The molecule has 6 heteroatoms. The molecule has 106 valence electrons. The summed E-state index contributed by atoms with van der Waals surface area (Å²) in [5.41, 5.74) is 0. The lowest BCUT2D eigenvalue weighted by molar-refractivity contribution is -0.127. The number of hydrogen-bond acceptors (Lipinski definition) is 3. The van der Waals surface area contributed by atoms with E-state index in [0.29, 0.717) is 0 Å². The molecule has 0 aliphatic carbocycles. The number of amides is 1. The standard InChI is InChI=1S/C12H25N2O2PS/c1-5-7(3)9(14-17)11(15)13-10(12(16)18)8(4)6-2/h7-10,14H,5-6,17H2,1-4H3,(H,13,15)(H,16,18)/t7-,8-,9?,10?/m0/s1. The summed E-state index contributed by atoms with van der Waals surface area (Å²) in [6.07, 6.45) is 1.71. The Morgan fingerprint density at radius 2 is 1.56 bits per heavy atom. The second kappa shape index (κ2) is 8.89. The Labute approximate surface area is 118 Å². The quantitative estimate of drug-likeness (QED) is 0.472. The zero-order valence-corrected chi connectivity index (χ0v) is 13.6. The van der Waals surface area contributed by atoms with Gasteiger partial charge in [-0.2, -0.15) is 0 Å². The topological polar surface area (TPSA) is 58.2 Å². The van der Waals surface area contributed by atoms with Crippen LogP contribution in [0.1, 0.15) is 40.5 Å². The van der Waals surface area contributed by atoms with Gasteiger partial charge in [-0.3, -0.25) is 14.7 Å². The molecule has 0 aromatic rings. The van der Waals surface area contributed by atoms with Crippen molar-refractivity contribution in [3.05, 3.63) is 0 Å². The first-order valence-electron chi connectivity index (χ1n) is 6.38. The predicted molar refractivity (Wildman–Crippen MR) is 81.5 cm³/mol. The molecule has 0 aromatic heterocycles. The van der Waals surface area contributed by atoms with Gasteiger partial charge in [0, 0.05) is 0 Å². The summed E-state index contributed by atoms with van der Waals surface area (Å²) in [7, 11) is 2.37. The molecule has 3 unspecified atom stereocenters. The van der Waals surface area contributed by atoms with Crippen LogP contribution in [0.4, 0.5) is 0 Å². The van der Waals surface area contributed by atoms with Gasteiger partial charge >= 0.3 is 0 Å². The van der Waals surface area contributed by atoms with Crippen LogP contribution < -0.4 is 10.4 Å². The fraction of sp³-hybridized carbons (Fsp3) is 0.833. The molecule has 0 aromatic carbocycles. The highest BCUT2D eigenvalue weighted by molar-refractivity contribution is 7.96. The first-order valence-corrected chi connectivity index (χ1v) is 7.40. The number of rotatable bonds is 8. The number of thiol groups is 1. The van der Waals surface area contributed by atoms with Gasteiger partial charge in [-0.25, -0.2) is 0 Å². The number of nitrogens with one attached hydrogen (secondary N) is 2. The van der Waals surface area contributed by atoms with Crippen LogP contribution in [0.3, 0.4) is 0 Å². The maximum atomic E-state index is 12.1. The van der Waals surface area contributed by atoms with Crippen molar-refractivity contribution in [3.8, 4) is 0 Å². The zero-order chi connectivity index (χ0) is 14.3. The first kappa shape index (κ1) is 17.9. The van der Waals surface area contributed by atoms with Crippen molar-refractivity contribution in [1.29, 1.82) is 0 Å². The highest BCUT2D eigenvalue weighted by Gasteiger charge is 2.28. The van der Waals surface area contributed by atoms with Crippen LogP contribution in [-0.4, -0.2) is 23.1 Å². The van der Waals surface area contributed by atoms with E-state index in [4.69, 9.17) is 0 Å². The SMILES string of the molecule is CC[C@H](C)C(NC(=O)C(NP)[C@@H](C)CC)C(=O)S. The Hall–Kier alpha value is -0.120. The average molecular weight is 292 g/mol. The lowest BCUT2D eigenvalue weighted by Gasteiger charge is -2.26. The Balaban J connectivity index is 4.72. The van der Waals surface area contributed by atoms with E-state index in [0.717, 1.165) is 12.8 Å². The molecule has 0 aliphatic rings. The Bertz CT molecular complexity index is 289. The van der Waals surface area contributed by atoms with Crippen LogP contribution in [0.25, 0.3) is 0 Å². The molecule has 5 atom stereocenters. The van der Waals surface area contributed by atoms with Crippen LogP contribution in [0.15, 0.2) is 0 Å². The van der Waals surface area contributed by atoms with Crippen molar-refractivity contribution in [3.63, 3.8) is 0 Å². The minimum atomic E-state index is -0.518. The minimum absolute atomic E-state index is 0.0843. The molecule has 18 heavy (non-hydrogen) atoms. The Morgan fingerprint density at radius 1 is 1.11 bits per heavy atom. The van der Waals surface area contributed by atoms with E-state index < -0.39 is 6.04 Å². The van der Waals surface area contributed by atoms with Crippen LogP contribution in [-0.2, 0) is 9.59 Å². The summed E-state index contributed by atoms with van der Waals surface area (Å²) >= 11 is 3.85. The molecule has 0 bridgehead atoms. The number of carbonyl (C=O) groups excluding carboxylic acids is 2. The third-order valence-electron chi connectivity index (χ3n) is 3.45. The summed E-state index contributed by atoms with van der Waals surface area (Å²) < 4.78 is 0. The van der Waals surface area contributed by atoms with Gasteiger partial charge in [-0.05, 0) is 11.8 Å². The number of carbonyl (C=O) groups is 2. The second-order valence-electron chi connectivity index (χ2n) is 4.74. The molecule has 0 rings (SSSR count). The van der Waals surface area contributed by atoms with Crippen molar-refractivity contribution in [2.24, 2.45) is 11.8 Å². The molecule has 0 spiro atoms. The van der Waals surface area contributed by atoms with Gasteiger partial charge in [-0.1, -0.05) is 49.9 Å². The first-order chi connectivity index (χ1) is 8.38. The van der Waals surface area contributed by atoms with E-state index in [1.807, 2.05) is 27.7 Å². The maximum absolute atomic E-state index is 12.1. The Morgan fingerprint density at radius 3 is 1.89 bits per heavy atom. The fourth-order valence-corrected chi connectivity index (χ4v) is 2.46. The molecule has 0 heterocycles. The van der Waals surface area contributed by atoms with Crippen LogP contribution in [0.5, 0.6) is 0 Å². The molecular weight excluding hydrogens is 267 g/mol. The van der Waals surface area contributed by atoms with Crippen molar-refractivity contribution in [2.45, 2.75) is 52.6 Å². The summed E-state index contributed by atoms with van der Waals surface area (Å²) in [5, 5.41) is 5.43. The van der Waals surface area contributed by atoms with E-state index in [2.05, 4.69) is 32.4 Å². The van der Waals surface area contributed by atoms with E-state index in [-0.39, 0.29) is 28.9 Å². The largest absolute Gasteiger partial charge is 0.344 e. The van der Waals surface area contributed by atoms with Gasteiger partial charge in [-0.15, -0.1) is 12.6 Å². The van der Waals surface area contributed by atoms with Crippen LogP contribution >= 0.6 is 22.0 Å². The van der Waals surface area contributed by atoms with Gasteiger partial charge in [0.2, 0.25) is 11.0 Å². The summed E-state index contributed by atoms with van der Waals surface area (Å²) in [4.78, 5) is 23.6. The molecule has 0 saturated heterocycles. The van der Waals surface area contributed by atoms with Crippen LogP contribution in [0.2, 0.25) is 0 Å². The highest BCUT2D eigenvalue weighted by Crippen LogP contribution is 2.13. The molecule has 1 amide bonds. The number of hydrogen-bond donors (Lipinski definition) is 3. The van der Waals surface area contributed by atoms with Crippen molar-refractivity contribution < 1.29 is 9.59 Å². The van der Waals surface area contributed by atoms with E-state index in [1.165, 1.54) is 0 Å². The average Bonchev–Trinajstić information content (AvgIpc) is 2.35.